The van der Waals surface area contributed by atoms with Crippen molar-refractivity contribution in [3.63, 3.8) is 0 Å². The Kier molecular flexibility index (Phi) is 8.29. The zero-order chi connectivity index (χ0) is 24.0. The Labute approximate surface area is 197 Å². The summed E-state index contributed by atoms with van der Waals surface area (Å²) in [5.74, 6) is 0.193. The number of hydrogen-bond donors (Lipinski definition) is 2. The van der Waals surface area contributed by atoms with Gasteiger partial charge in [-0.15, -0.1) is 11.3 Å². The summed E-state index contributed by atoms with van der Waals surface area (Å²) in [6.07, 6.45) is -0.216. The van der Waals surface area contributed by atoms with Crippen molar-refractivity contribution in [2.75, 3.05) is 45.2 Å². The molecular formula is C23H29N3O6S. The predicted octanol–water partition coefficient (Wildman–Crippen LogP) is 2.69. The summed E-state index contributed by atoms with van der Waals surface area (Å²) in [4.78, 5) is 39.8. The van der Waals surface area contributed by atoms with Gasteiger partial charge in [0.2, 0.25) is 5.91 Å². The van der Waals surface area contributed by atoms with Crippen LogP contribution in [0.1, 0.15) is 39.4 Å². The van der Waals surface area contributed by atoms with Crippen LogP contribution in [0.5, 0.6) is 11.5 Å². The Hall–Kier alpha value is -3.11. The third-order valence-electron chi connectivity index (χ3n) is 5.16. The van der Waals surface area contributed by atoms with E-state index in [1.54, 1.807) is 13.8 Å². The van der Waals surface area contributed by atoms with Gasteiger partial charge in [-0.2, -0.15) is 0 Å². The molecule has 1 atom stereocenters. The summed E-state index contributed by atoms with van der Waals surface area (Å²) in [6.45, 7) is 7.10. The van der Waals surface area contributed by atoms with Gasteiger partial charge in [0.15, 0.2) is 11.5 Å². The average Bonchev–Trinajstić information content (AvgIpc) is 3.13. The van der Waals surface area contributed by atoms with Crippen molar-refractivity contribution in [2.24, 2.45) is 0 Å². The minimum atomic E-state index is -0.574. The van der Waals surface area contributed by atoms with Gasteiger partial charge in [0.25, 0.3) is 5.91 Å². The summed E-state index contributed by atoms with van der Waals surface area (Å²) < 4.78 is 16.9. The third kappa shape index (κ3) is 5.82. The van der Waals surface area contributed by atoms with Crippen molar-refractivity contribution in [2.45, 2.75) is 26.9 Å². The fourth-order valence-corrected chi connectivity index (χ4v) is 4.65. The second-order valence-electron chi connectivity index (χ2n) is 7.43. The Balaban J connectivity index is 1.68. The normalized spacial score (nSPS) is 14.6. The molecule has 0 saturated carbocycles. The summed E-state index contributed by atoms with van der Waals surface area (Å²) >= 11 is 1.06. The number of nitrogens with zero attached hydrogens (tertiary/aromatic N) is 1. The van der Waals surface area contributed by atoms with E-state index in [0.29, 0.717) is 46.6 Å². The van der Waals surface area contributed by atoms with E-state index in [2.05, 4.69) is 10.6 Å². The van der Waals surface area contributed by atoms with E-state index in [1.165, 1.54) is 7.05 Å². The highest BCUT2D eigenvalue weighted by atomic mass is 32.1. The Morgan fingerprint density at radius 2 is 1.94 bits per heavy atom. The first-order chi connectivity index (χ1) is 15.9. The van der Waals surface area contributed by atoms with E-state index in [1.807, 2.05) is 36.1 Å². The zero-order valence-electron chi connectivity index (χ0n) is 19.2. The molecule has 2 amide bonds. The highest BCUT2D eigenvalue weighted by Gasteiger charge is 2.27. The van der Waals surface area contributed by atoms with Crippen molar-refractivity contribution < 1.29 is 28.6 Å². The molecule has 0 aliphatic carbocycles. The second kappa shape index (κ2) is 11.2. The van der Waals surface area contributed by atoms with Crippen LogP contribution in [0.2, 0.25) is 0 Å². The van der Waals surface area contributed by atoms with Gasteiger partial charge in [-0.05, 0) is 38.1 Å². The zero-order valence-corrected chi connectivity index (χ0v) is 20.0. The largest absolute Gasteiger partial charge is 0.486 e. The van der Waals surface area contributed by atoms with Gasteiger partial charge in [0.1, 0.15) is 17.7 Å². The highest BCUT2D eigenvalue weighted by Crippen LogP contribution is 2.34. The quantitative estimate of drug-likeness (QED) is 0.537. The molecule has 1 aromatic heterocycles. The topological polar surface area (TPSA) is 106 Å². The number of anilines is 1. The van der Waals surface area contributed by atoms with E-state index in [4.69, 9.17) is 14.2 Å². The molecule has 0 fully saturated rings. The molecule has 0 saturated heterocycles. The van der Waals surface area contributed by atoms with E-state index in [-0.39, 0.29) is 36.6 Å². The lowest BCUT2D eigenvalue weighted by Crippen LogP contribution is -2.43. The lowest BCUT2D eigenvalue weighted by Gasteiger charge is -2.30. The number of esters is 1. The number of benzene rings is 1. The monoisotopic (exact) mass is 475 g/mol. The molecule has 10 heteroatoms. The number of para-hydroxylation sites is 2. The van der Waals surface area contributed by atoms with Gasteiger partial charge in [-0.3, -0.25) is 14.5 Å². The first kappa shape index (κ1) is 24.5. The maximum absolute atomic E-state index is 12.8. The minimum Gasteiger partial charge on any atom is -0.486 e. The van der Waals surface area contributed by atoms with Crippen LogP contribution in [0, 0.1) is 6.92 Å². The molecule has 0 bridgehead atoms. The van der Waals surface area contributed by atoms with Crippen molar-refractivity contribution >= 4 is 34.1 Å². The van der Waals surface area contributed by atoms with Crippen molar-refractivity contribution in [3.8, 4) is 11.5 Å². The number of thiophene rings is 1. The second-order valence-corrected chi connectivity index (χ2v) is 8.45. The first-order valence-electron chi connectivity index (χ1n) is 10.8. The Morgan fingerprint density at radius 3 is 2.61 bits per heavy atom. The van der Waals surface area contributed by atoms with Crippen LogP contribution in [0.15, 0.2) is 24.3 Å². The molecule has 3 rings (SSSR count). The molecule has 33 heavy (non-hydrogen) atoms. The van der Waals surface area contributed by atoms with Crippen LogP contribution < -0.4 is 20.1 Å². The van der Waals surface area contributed by atoms with E-state index in [0.717, 1.165) is 11.3 Å². The van der Waals surface area contributed by atoms with Crippen LogP contribution in [-0.2, 0) is 9.53 Å². The van der Waals surface area contributed by atoms with Crippen LogP contribution in [-0.4, -0.2) is 68.7 Å². The van der Waals surface area contributed by atoms with Crippen LogP contribution in [0.25, 0.3) is 0 Å². The van der Waals surface area contributed by atoms with Gasteiger partial charge in [-0.25, -0.2) is 4.79 Å². The number of amides is 2. The van der Waals surface area contributed by atoms with Gasteiger partial charge in [0.05, 0.1) is 23.6 Å². The molecule has 2 heterocycles. The molecule has 9 nitrogen and oxygen atoms in total. The number of nitrogens with one attached hydrogen (secondary N) is 2. The molecule has 1 unspecified atom stereocenters. The Bertz CT molecular complexity index is 1020. The molecule has 178 valence electrons. The lowest BCUT2D eigenvalue weighted by atomic mass is 10.1. The fourth-order valence-electron chi connectivity index (χ4n) is 3.50. The first-order valence-corrected chi connectivity index (χ1v) is 11.6. The molecule has 0 spiro atoms. The van der Waals surface area contributed by atoms with Crippen LogP contribution >= 0.6 is 11.3 Å². The lowest BCUT2D eigenvalue weighted by molar-refractivity contribution is -0.117. The van der Waals surface area contributed by atoms with Gasteiger partial charge >= 0.3 is 5.97 Å². The van der Waals surface area contributed by atoms with Crippen molar-refractivity contribution in [3.05, 3.63) is 40.3 Å². The summed E-state index contributed by atoms with van der Waals surface area (Å²) in [7, 11) is 1.51. The molecular weight excluding hydrogens is 446 g/mol. The molecule has 0 radical (unpaired) electrons. The number of rotatable bonds is 9. The SMILES string of the molecule is CCOC(=O)c1c(NC(=O)CN(CC)CC2COc3ccccc3O2)sc(C(=O)NC)c1C. The third-order valence-corrected chi connectivity index (χ3v) is 6.36. The minimum absolute atomic E-state index is 0.0898. The van der Waals surface area contributed by atoms with E-state index in [9.17, 15) is 14.4 Å². The Morgan fingerprint density at radius 1 is 1.21 bits per heavy atom. The van der Waals surface area contributed by atoms with Crippen LogP contribution in [0.4, 0.5) is 5.00 Å². The fraction of sp³-hybridized carbons (Fsp3) is 0.435. The molecule has 2 N–H and O–H groups in total. The summed E-state index contributed by atoms with van der Waals surface area (Å²) in [5, 5.41) is 5.65. The van der Waals surface area contributed by atoms with Gasteiger partial charge < -0.3 is 24.8 Å². The molecule has 2 aromatic rings. The molecule has 1 aliphatic heterocycles. The number of likely N-dealkylation sites (N-methyl/N-ethyl adjacent to an activating group) is 1. The summed E-state index contributed by atoms with van der Waals surface area (Å²) in [5.41, 5.74) is 0.685. The maximum atomic E-state index is 12.8. The summed E-state index contributed by atoms with van der Waals surface area (Å²) in [6, 6.07) is 7.47. The number of fused-ring (bicyclic) bond motifs is 1. The smallest absolute Gasteiger partial charge is 0.341 e. The number of carbonyl (C=O) groups excluding carboxylic acids is 3. The van der Waals surface area contributed by atoms with Gasteiger partial charge in [0, 0.05) is 13.6 Å². The highest BCUT2D eigenvalue weighted by molar-refractivity contribution is 7.18. The van der Waals surface area contributed by atoms with E-state index >= 15 is 0 Å². The molecule has 1 aromatic carbocycles. The number of carbonyl (C=O) groups is 3. The standard InChI is InChI=1S/C23H29N3O6S/c1-5-26(11-15-13-31-16-9-7-8-10-17(16)32-15)12-18(27)25-22-19(23(29)30-6-2)14(3)20(33-22)21(28)24-4/h7-10,15H,5-6,11-13H2,1-4H3,(H,24,28)(H,25,27). The van der Waals surface area contributed by atoms with E-state index < -0.39 is 5.97 Å². The maximum Gasteiger partial charge on any atom is 0.341 e. The van der Waals surface area contributed by atoms with Crippen molar-refractivity contribution in [1.29, 1.82) is 0 Å². The number of hydrogen-bond acceptors (Lipinski definition) is 8. The van der Waals surface area contributed by atoms with Crippen molar-refractivity contribution in [1.82, 2.24) is 10.2 Å². The molecule has 1 aliphatic rings. The van der Waals surface area contributed by atoms with Gasteiger partial charge in [-0.1, -0.05) is 19.1 Å². The number of ether oxygens (including phenoxy) is 3. The predicted molar refractivity (Wildman–Crippen MR) is 125 cm³/mol. The average molecular weight is 476 g/mol. The van der Waals surface area contributed by atoms with Crippen LogP contribution in [0.3, 0.4) is 0 Å².